The van der Waals surface area contributed by atoms with Crippen molar-refractivity contribution in [3.63, 3.8) is 0 Å². The second-order valence-electron chi connectivity index (χ2n) is 7.86. The van der Waals surface area contributed by atoms with Crippen LogP contribution < -0.4 is 5.32 Å². The van der Waals surface area contributed by atoms with Gasteiger partial charge in [-0.3, -0.25) is 0 Å². The number of hydrogen-bond donors (Lipinski definition) is 1. The molecule has 0 amide bonds. The van der Waals surface area contributed by atoms with Crippen molar-refractivity contribution in [2.24, 2.45) is 5.41 Å². The normalized spacial score (nSPS) is 26.5. The van der Waals surface area contributed by atoms with E-state index < -0.39 is 0 Å². The number of benzene rings is 1. The third kappa shape index (κ3) is 2.82. The van der Waals surface area contributed by atoms with Gasteiger partial charge < -0.3 is 5.32 Å². The van der Waals surface area contributed by atoms with Gasteiger partial charge in [0.05, 0.1) is 0 Å². The van der Waals surface area contributed by atoms with Crippen LogP contribution in [0, 0.1) is 5.41 Å². The lowest BCUT2D eigenvalue weighted by atomic mass is 9.46. The van der Waals surface area contributed by atoms with E-state index in [4.69, 9.17) is 0 Å². The highest BCUT2D eigenvalue weighted by molar-refractivity contribution is 9.10. The molecule has 0 saturated heterocycles. The molecule has 3 aliphatic rings. The van der Waals surface area contributed by atoms with Crippen molar-refractivity contribution in [3.8, 4) is 0 Å². The van der Waals surface area contributed by atoms with Crippen LogP contribution in [0.1, 0.15) is 63.4 Å². The summed E-state index contributed by atoms with van der Waals surface area (Å²) in [4.78, 5) is 0. The second kappa shape index (κ2) is 5.38. The van der Waals surface area contributed by atoms with E-state index in [-0.39, 0.29) is 0 Å². The summed E-state index contributed by atoms with van der Waals surface area (Å²) in [6, 6.07) is 9.98. The fourth-order valence-corrected chi connectivity index (χ4v) is 5.17. The van der Waals surface area contributed by atoms with Crippen LogP contribution in [0.4, 0.5) is 0 Å². The first-order valence-electron chi connectivity index (χ1n) is 8.69. The van der Waals surface area contributed by atoms with Gasteiger partial charge in [-0.05, 0) is 61.6 Å². The zero-order chi connectivity index (χ0) is 14.3. The van der Waals surface area contributed by atoms with Gasteiger partial charge >= 0.3 is 0 Å². The van der Waals surface area contributed by atoms with E-state index in [9.17, 15) is 0 Å². The minimum absolute atomic E-state index is 0.417. The maximum atomic E-state index is 3.82. The topological polar surface area (TPSA) is 12.0 Å². The first kappa shape index (κ1) is 14.3. The van der Waals surface area contributed by atoms with E-state index in [1.165, 1.54) is 68.8 Å². The van der Waals surface area contributed by atoms with Gasteiger partial charge in [0.1, 0.15) is 0 Å². The average Bonchev–Trinajstić information content (AvgIpc) is 3.29. The zero-order valence-electron chi connectivity index (χ0n) is 12.8. The summed E-state index contributed by atoms with van der Waals surface area (Å²) in [6.07, 6.45) is 13.0. The van der Waals surface area contributed by atoms with Gasteiger partial charge in [0.2, 0.25) is 0 Å². The van der Waals surface area contributed by atoms with Crippen LogP contribution in [0.3, 0.4) is 0 Å². The molecular formula is C19H26BrN. The monoisotopic (exact) mass is 347 g/mol. The summed E-state index contributed by atoms with van der Waals surface area (Å²) in [5.74, 6) is 0. The highest BCUT2D eigenvalue weighted by Crippen LogP contribution is 2.61. The van der Waals surface area contributed by atoms with Crippen LogP contribution in [0.5, 0.6) is 0 Å². The van der Waals surface area contributed by atoms with Gasteiger partial charge in [-0.2, -0.15) is 0 Å². The molecular weight excluding hydrogens is 322 g/mol. The van der Waals surface area contributed by atoms with Crippen LogP contribution in [-0.4, -0.2) is 12.6 Å². The molecule has 0 radical (unpaired) electrons. The molecule has 114 valence electrons. The van der Waals surface area contributed by atoms with Crippen molar-refractivity contribution in [2.45, 2.75) is 69.2 Å². The minimum Gasteiger partial charge on any atom is -0.313 e. The Morgan fingerprint density at radius 1 is 1.00 bits per heavy atom. The summed E-state index contributed by atoms with van der Waals surface area (Å²) < 4.78 is 1.20. The molecule has 0 atom stereocenters. The molecule has 3 fully saturated rings. The number of halogens is 1. The third-order valence-corrected chi connectivity index (χ3v) is 6.63. The molecule has 21 heavy (non-hydrogen) atoms. The Hall–Kier alpha value is -0.340. The van der Waals surface area contributed by atoms with Crippen molar-refractivity contribution >= 4 is 15.9 Å². The van der Waals surface area contributed by atoms with E-state index in [1.54, 1.807) is 5.56 Å². The van der Waals surface area contributed by atoms with Crippen molar-refractivity contribution in [1.82, 2.24) is 5.32 Å². The maximum Gasteiger partial charge on any atom is 0.0175 e. The SMILES string of the molecule is Brc1ccc(C2(CNC3CC3)CC3(CCCCC3)C2)cc1. The smallest absolute Gasteiger partial charge is 0.0175 e. The molecule has 3 aliphatic carbocycles. The van der Waals surface area contributed by atoms with Crippen LogP contribution >= 0.6 is 15.9 Å². The molecule has 1 aromatic rings. The summed E-state index contributed by atoms with van der Waals surface area (Å²) in [5, 5.41) is 3.82. The number of hydrogen-bond acceptors (Lipinski definition) is 1. The van der Waals surface area contributed by atoms with Crippen molar-refractivity contribution < 1.29 is 0 Å². The van der Waals surface area contributed by atoms with Crippen LogP contribution in [0.15, 0.2) is 28.7 Å². The molecule has 0 bridgehead atoms. The summed E-state index contributed by atoms with van der Waals surface area (Å²) >= 11 is 3.58. The minimum atomic E-state index is 0.417. The zero-order valence-corrected chi connectivity index (χ0v) is 14.4. The Balaban J connectivity index is 1.53. The van der Waals surface area contributed by atoms with Gasteiger partial charge in [-0.1, -0.05) is 47.3 Å². The van der Waals surface area contributed by atoms with Gasteiger partial charge in [-0.25, -0.2) is 0 Å². The highest BCUT2D eigenvalue weighted by atomic mass is 79.9. The lowest BCUT2D eigenvalue weighted by molar-refractivity contribution is -0.0129. The quantitative estimate of drug-likeness (QED) is 0.790. The van der Waals surface area contributed by atoms with Gasteiger partial charge in [0.15, 0.2) is 0 Å². The van der Waals surface area contributed by atoms with E-state index in [2.05, 4.69) is 45.5 Å². The Kier molecular flexibility index (Phi) is 3.66. The highest BCUT2D eigenvalue weighted by Gasteiger charge is 2.54. The van der Waals surface area contributed by atoms with Gasteiger partial charge in [-0.15, -0.1) is 0 Å². The van der Waals surface area contributed by atoms with Crippen LogP contribution in [-0.2, 0) is 5.41 Å². The Morgan fingerprint density at radius 2 is 1.67 bits per heavy atom. The maximum absolute atomic E-state index is 3.82. The van der Waals surface area contributed by atoms with E-state index in [1.807, 2.05) is 0 Å². The molecule has 3 saturated carbocycles. The van der Waals surface area contributed by atoms with Crippen molar-refractivity contribution in [3.05, 3.63) is 34.3 Å². The molecule has 0 aromatic heterocycles. The molecule has 1 N–H and O–H groups in total. The van der Waals surface area contributed by atoms with Crippen molar-refractivity contribution in [1.29, 1.82) is 0 Å². The van der Waals surface area contributed by atoms with Gasteiger partial charge in [0, 0.05) is 22.5 Å². The predicted molar refractivity (Wildman–Crippen MR) is 91.6 cm³/mol. The number of rotatable bonds is 4. The molecule has 4 rings (SSSR count). The first-order chi connectivity index (χ1) is 10.2. The molecule has 2 heteroatoms. The fraction of sp³-hybridized carbons (Fsp3) is 0.684. The van der Waals surface area contributed by atoms with Crippen molar-refractivity contribution in [2.75, 3.05) is 6.54 Å². The van der Waals surface area contributed by atoms with E-state index >= 15 is 0 Å². The molecule has 1 aromatic carbocycles. The van der Waals surface area contributed by atoms with E-state index in [0.29, 0.717) is 10.8 Å². The number of nitrogens with one attached hydrogen (secondary N) is 1. The summed E-state index contributed by atoms with van der Waals surface area (Å²) in [7, 11) is 0. The van der Waals surface area contributed by atoms with Crippen LogP contribution in [0.25, 0.3) is 0 Å². The standard InChI is InChI=1S/C19H26BrN/c20-16-6-4-15(5-7-16)19(14-21-17-8-9-17)12-18(13-19)10-2-1-3-11-18/h4-7,17,21H,1-3,8-14H2. The molecule has 1 spiro atoms. The first-order valence-corrected chi connectivity index (χ1v) is 9.49. The molecule has 0 unspecified atom stereocenters. The lowest BCUT2D eigenvalue weighted by Crippen LogP contribution is -2.55. The lowest BCUT2D eigenvalue weighted by Gasteiger charge is -2.59. The Bertz CT molecular complexity index is 489. The predicted octanol–water partition coefficient (Wildman–Crippen LogP) is 5.18. The summed E-state index contributed by atoms with van der Waals surface area (Å²) in [5.41, 5.74) is 2.67. The average molecular weight is 348 g/mol. The third-order valence-electron chi connectivity index (χ3n) is 6.10. The molecule has 1 nitrogen and oxygen atoms in total. The van der Waals surface area contributed by atoms with Gasteiger partial charge in [0.25, 0.3) is 0 Å². The Morgan fingerprint density at radius 3 is 2.29 bits per heavy atom. The van der Waals surface area contributed by atoms with Crippen LogP contribution in [0.2, 0.25) is 0 Å². The molecule has 0 heterocycles. The Labute approximate surface area is 137 Å². The summed E-state index contributed by atoms with van der Waals surface area (Å²) in [6.45, 7) is 1.20. The second-order valence-corrected chi connectivity index (χ2v) is 8.77. The fourth-order valence-electron chi connectivity index (χ4n) is 4.90. The van der Waals surface area contributed by atoms with E-state index in [0.717, 1.165) is 6.04 Å². The largest absolute Gasteiger partial charge is 0.313 e. The molecule has 0 aliphatic heterocycles.